The molecule has 0 spiro atoms. The molecule has 3 rings (SSSR count). The molecule has 1 aromatic carbocycles. The number of benzene rings is 1. The van der Waals surface area contributed by atoms with Crippen molar-refractivity contribution >= 4 is 17.2 Å². The summed E-state index contributed by atoms with van der Waals surface area (Å²) in [4.78, 5) is 14.0. The van der Waals surface area contributed by atoms with E-state index >= 15 is 0 Å². The van der Waals surface area contributed by atoms with Crippen LogP contribution in [0.4, 0.5) is 0 Å². The van der Waals surface area contributed by atoms with Crippen molar-refractivity contribution in [3.8, 4) is 21.9 Å². The van der Waals surface area contributed by atoms with Crippen LogP contribution in [0.2, 0.25) is 0 Å². The first-order valence-electron chi connectivity index (χ1n) is 7.51. The minimum absolute atomic E-state index is 0.103. The van der Waals surface area contributed by atoms with Crippen molar-refractivity contribution < 1.29 is 14.3 Å². The molecule has 0 unspecified atom stereocenters. The fraction of sp³-hybridized carbons (Fsp3) is 0.353. The highest BCUT2D eigenvalue weighted by Crippen LogP contribution is 2.36. The number of fused-ring (bicyclic) bond motifs is 1. The van der Waals surface area contributed by atoms with Crippen LogP contribution in [0.25, 0.3) is 10.4 Å². The van der Waals surface area contributed by atoms with Crippen molar-refractivity contribution in [2.24, 2.45) is 5.73 Å². The van der Waals surface area contributed by atoms with Gasteiger partial charge in [0.2, 0.25) is 0 Å². The number of amides is 1. The van der Waals surface area contributed by atoms with Gasteiger partial charge >= 0.3 is 0 Å². The molecule has 23 heavy (non-hydrogen) atoms. The quantitative estimate of drug-likeness (QED) is 0.903. The number of nitrogens with two attached hydrogens (primary N) is 1. The van der Waals surface area contributed by atoms with E-state index in [9.17, 15) is 4.79 Å². The second-order valence-corrected chi connectivity index (χ2v) is 7.15. The van der Waals surface area contributed by atoms with Crippen molar-refractivity contribution in [2.75, 3.05) is 19.8 Å². The first-order valence-corrected chi connectivity index (χ1v) is 8.32. The predicted octanol–water partition coefficient (Wildman–Crippen LogP) is 2.65. The van der Waals surface area contributed by atoms with Gasteiger partial charge in [-0.2, -0.15) is 0 Å². The van der Waals surface area contributed by atoms with E-state index in [1.165, 1.54) is 11.3 Å². The van der Waals surface area contributed by atoms with Crippen LogP contribution in [-0.2, 0) is 0 Å². The Morgan fingerprint density at radius 3 is 2.70 bits per heavy atom. The molecule has 1 aliphatic heterocycles. The Hall–Kier alpha value is -2.05. The van der Waals surface area contributed by atoms with E-state index in [1.54, 1.807) is 0 Å². The van der Waals surface area contributed by atoms with Gasteiger partial charge in [0.05, 0.1) is 4.88 Å². The monoisotopic (exact) mass is 332 g/mol. The Morgan fingerprint density at radius 2 is 1.96 bits per heavy atom. The van der Waals surface area contributed by atoms with Crippen molar-refractivity contribution in [3.63, 3.8) is 0 Å². The number of nitrogens with one attached hydrogen (secondary N) is 1. The molecule has 0 fully saturated rings. The maximum Gasteiger partial charge on any atom is 0.261 e. The Morgan fingerprint density at radius 1 is 1.22 bits per heavy atom. The van der Waals surface area contributed by atoms with Gasteiger partial charge in [-0.25, -0.2) is 0 Å². The molecule has 122 valence electrons. The fourth-order valence-corrected chi connectivity index (χ4v) is 3.13. The lowest BCUT2D eigenvalue weighted by Gasteiger charge is -2.23. The fourth-order valence-electron chi connectivity index (χ4n) is 2.23. The van der Waals surface area contributed by atoms with E-state index in [1.807, 2.05) is 44.2 Å². The lowest BCUT2D eigenvalue weighted by Crippen LogP contribution is -2.48. The number of hydrogen-bond acceptors (Lipinski definition) is 5. The highest BCUT2D eigenvalue weighted by Gasteiger charge is 2.21. The van der Waals surface area contributed by atoms with Crippen LogP contribution in [0, 0.1) is 0 Å². The summed E-state index contributed by atoms with van der Waals surface area (Å²) < 4.78 is 11.1. The average molecular weight is 332 g/mol. The molecule has 5 nitrogen and oxygen atoms in total. The minimum atomic E-state index is -0.418. The Balaban J connectivity index is 1.80. The molecule has 0 aliphatic carbocycles. The third-order valence-corrected chi connectivity index (χ3v) is 4.75. The van der Waals surface area contributed by atoms with Gasteiger partial charge in [-0.1, -0.05) is 0 Å². The number of hydrogen-bond donors (Lipinski definition) is 2. The molecule has 1 aliphatic rings. The van der Waals surface area contributed by atoms with Gasteiger partial charge in [0.1, 0.15) is 13.2 Å². The molecule has 2 heterocycles. The van der Waals surface area contributed by atoms with Gasteiger partial charge < -0.3 is 20.5 Å². The predicted molar refractivity (Wildman–Crippen MR) is 91.3 cm³/mol. The van der Waals surface area contributed by atoms with E-state index in [0.29, 0.717) is 24.6 Å². The van der Waals surface area contributed by atoms with Crippen LogP contribution in [0.15, 0.2) is 30.3 Å². The second-order valence-electron chi connectivity index (χ2n) is 6.06. The van der Waals surface area contributed by atoms with Crippen molar-refractivity contribution in [1.29, 1.82) is 0 Å². The normalized spacial score (nSPS) is 13.7. The summed E-state index contributed by atoms with van der Waals surface area (Å²) in [5.41, 5.74) is 6.25. The highest BCUT2D eigenvalue weighted by atomic mass is 32.1. The van der Waals surface area contributed by atoms with Crippen molar-refractivity contribution in [1.82, 2.24) is 5.32 Å². The van der Waals surface area contributed by atoms with Crippen LogP contribution < -0.4 is 20.5 Å². The number of carbonyl (C=O) groups is 1. The number of thiophene rings is 1. The SMILES string of the molecule is CC(C)(CN)NC(=O)c1ccc(-c2ccc3c(c2)OCCO3)s1. The Bertz CT molecular complexity index is 724. The lowest BCUT2D eigenvalue weighted by atomic mass is 10.1. The third kappa shape index (κ3) is 3.48. The van der Waals surface area contributed by atoms with Crippen LogP contribution in [0.1, 0.15) is 23.5 Å². The van der Waals surface area contributed by atoms with Crippen molar-refractivity contribution in [2.45, 2.75) is 19.4 Å². The third-order valence-electron chi connectivity index (χ3n) is 3.62. The summed E-state index contributed by atoms with van der Waals surface area (Å²) in [6, 6.07) is 9.61. The lowest BCUT2D eigenvalue weighted by molar-refractivity contribution is 0.0920. The number of rotatable bonds is 4. The number of carbonyl (C=O) groups excluding carboxylic acids is 1. The van der Waals surface area contributed by atoms with Gasteiger partial charge in [-0.3, -0.25) is 4.79 Å². The molecule has 0 bridgehead atoms. The van der Waals surface area contributed by atoms with E-state index in [-0.39, 0.29) is 5.91 Å². The first kappa shape index (κ1) is 15.8. The molecule has 3 N–H and O–H groups in total. The summed E-state index contributed by atoms with van der Waals surface area (Å²) in [5, 5.41) is 2.94. The van der Waals surface area contributed by atoms with Gasteiger partial charge in [0, 0.05) is 17.0 Å². The molecule has 6 heteroatoms. The molecule has 1 amide bonds. The maximum atomic E-state index is 12.3. The zero-order valence-electron chi connectivity index (χ0n) is 13.2. The molecule has 0 saturated carbocycles. The second kappa shape index (κ2) is 6.22. The Kier molecular flexibility index (Phi) is 4.28. The Labute approximate surface area is 139 Å². The summed E-state index contributed by atoms with van der Waals surface area (Å²) in [6.07, 6.45) is 0. The van der Waals surface area contributed by atoms with Gasteiger partial charge in [0.15, 0.2) is 11.5 Å². The van der Waals surface area contributed by atoms with E-state index in [2.05, 4.69) is 5.32 Å². The highest BCUT2D eigenvalue weighted by molar-refractivity contribution is 7.17. The topological polar surface area (TPSA) is 73.6 Å². The number of ether oxygens (including phenoxy) is 2. The van der Waals surface area contributed by atoms with Crippen LogP contribution in [0.3, 0.4) is 0 Å². The summed E-state index contributed by atoms with van der Waals surface area (Å²) >= 11 is 1.45. The average Bonchev–Trinajstić information content (AvgIpc) is 3.04. The largest absolute Gasteiger partial charge is 0.486 e. The van der Waals surface area contributed by atoms with E-state index in [0.717, 1.165) is 21.9 Å². The molecule has 0 saturated heterocycles. The van der Waals surface area contributed by atoms with E-state index < -0.39 is 5.54 Å². The summed E-state index contributed by atoms with van der Waals surface area (Å²) in [5.74, 6) is 1.41. The molecule has 2 aromatic rings. The summed E-state index contributed by atoms with van der Waals surface area (Å²) in [6.45, 7) is 5.33. The molecule has 0 radical (unpaired) electrons. The summed E-state index contributed by atoms with van der Waals surface area (Å²) in [7, 11) is 0. The van der Waals surface area contributed by atoms with Gasteiger partial charge in [0.25, 0.3) is 5.91 Å². The molecular weight excluding hydrogens is 312 g/mol. The molecular formula is C17H20N2O3S. The molecule has 0 atom stereocenters. The molecule has 1 aromatic heterocycles. The van der Waals surface area contributed by atoms with Gasteiger partial charge in [-0.15, -0.1) is 11.3 Å². The van der Waals surface area contributed by atoms with Crippen molar-refractivity contribution in [3.05, 3.63) is 35.2 Å². The smallest absolute Gasteiger partial charge is 0.261 e. The van der Waals surface area contributed by atoms with Crippen LogP contribution in [0.5, 0.6) is 11.5 Å². The zero-order chi connectivity index (χ0) is 16.4. The standard InChI is InChI=1S/C17H20N2O3S/c1-17(2,10-18)19-16(20)15-6-5-14(23-15)11-3-4-12-13(9-11)22-8-7-21-12/h3-6,9H,7-8,10,18H2,1-2H3,(H,19,20). The zero-order valence-corrected chi connectivity index (χ0v) is 14.0. The maximum absolute atomic E-state index is 12.3. The first-order chi connectivity index (χ1) is 11.0. The van der Waals surface area contributed by atoms with E-state index in [4.69, 9.17) is 15.2 Å². The van der Waals surface area contributed by atoms with Crippen LogP contribution in [-0.4, -0.2) is 31.2 Å². The minimum Gasteiger partial charge on any atom is -0.486 e. The van der Waals surface area contributed by atoms with Crippen LogP contribution >= 0.6 is 11.3 Å². The van der Waals surface area contributed by atoms with Gasteiger partial charge in [-0.05, 0) is 49.7 Å².